The van der Waals surface area contributed by atoms with Gasteiger partial charge in [-0.2, -0.15) is 0 Å². The van der Waals surface area contributed by atoms with Gasteiger partial charge in [-0.15, -0.1) is 0 Å². The van der Waals surface area contributed by atoms with E-state index < -0.39 is 0 Å². The summed E-state index contributed by atoms with van der Waals surface area (Å²) in [4.78, 5) is 27.5. The van der Waals surface area contributed by atoms with E-state index in [0.717, 1.165) is 28.1 Å². The summed E-state index contributed by atoms with van der Waals surface area (Å²) in [5.74, 6) is 0.600. The number of hydrogen-bond acceptors (Lipinski definition) is 3. The second-order valence-electron chi connectivity index (χ2n) is 7.27. The minimum Gasteiger partial charge on any atom is -0.486 e. The molecule has 0 spiro atoms. The van der Waals surface area contributed by atoms with Crippen molar-refractivity contribution in [3.8, 4) is 5.75 Å². The van der Waals surface area contributed by atoms with Crippen molar-refractivity contribution in [2.24, 2.45) is 0 Å². The number of aromatic amines is 1. The van der Waals surface area contributed by atoms with E-state index in [9.17, 15) is 9.59 Å². The SMILES string of the molecule is Cc1cc(C)c(CNC(=O)c2ccc([C@H](C)Oc3ccccc3)cc2C)c(=O)[nH]1. The normalized spacial score (nSPS) is 11.7. The Morgan fingerprint density at radius 1 is 1.03 bits per heavy atom. The first kappa shape index (κ1) is 20.4. The fourth-order valence-corrected chi connectivity index (χ4v) is 3.33. The fraction of sp³-hybridized carbons (Fsp3) is 0.250. The average Bonchev–Trinajstić information content (AvgIpc) is 2.67. The Hall–Kier alpha value is -3.34. The Morgan fingerprint density at radius 3 is 2.41 bits per heavy atom. The predicted molar refractivity (Wildman–Crippen MR) is 114 cm³/mol. The molecule has 29 heavy (non-hydrogen) atoms. The second-order valence-corrected chi connectivity index (χ2v) is 7.27. The van der Waals surface area contributed by atoms with Crippen LogP contribution in [0, 0.1) is 20.8 Å². The van der Waals surface area contributed by atoms with E-state index in [1.165, 1.54) is 0 Å². The largest absolute Gasteiger partial charge is 0.486 e. The monoisotopic (exact) mass is 390 g/mol. The third-order valence-electron chi connectivity index (χ3n) is 4.94. The van der Waals surface area contributed by atoms with Crippen LogP contribution in [-0.2, 0) is 6.54 Å². The molecule has 5 heteroatoms. The van der Waals surface area contributed by atoms with Crippen molar-refractivity contribution in [1.29, 1.82) is 0 Å². The average molecular weight is 390 g/mol. The summed E-state index contributed by atoms with van der Waals surface area (Å²) in [5, 5.41) is 2.86. The Morgan fingerprint density at radius 2 is 1.76 bits per heavy atom. The molecule has 2 aromatic carbocycles. The van der Waals surface area contributed by atoms with Crippen molar-refractivity contribution in [1.82, 2.24) is 10.3 Å². The van der Waals surface area contributed by atoms with Crippen LogP contribution in [0.15, 0.2) is 59.4 Å². The van der Waals surface area contributed by atoms with Crippen molar-refractivity contribution in [2.75, 3.05) is 0 Å². The van der Waals surface area contributed by atoms with Gasteiger partial charge in [0.2, 0.25) is 0 Å². The summed E-state index contributed by atoms with van der Waals surface area (Å²) < 4.78 is 5.96. The molecule has 0 aliphatic rings. The van der Waals surface area contributed by atoms with Gasteiger partial charge in [0.05, 0.1) is 0 Å². The maximum Gasteiger partial charge on any atom is 0.253 e. The fourth-order valence-electron chi connectivity index (χ4n) is 3.33. The summed E-state index contributed by atoms with van der Waals surface area (Å²) in [6.07, 6.45) is -0.137. The molecule has 0 saturated carbocycles. The summed E-state index contributed by atoms with van der Waals surface area (Å²) in [5.41, 5.74) is 4.52. The molecule has 3 rings (SSSR count). The van der Waals surface area contributed by atoms with Gasteiger partial charge in [-0.05, 0) is 68.7 Å². The Balaban J connectivity index is 1.70. The van der Waals surface area contributed by atoms with Gasteiger partial charge < -0.3 is 15.0 Å². The van der Waals surface area contributed by atoms with Gasteiger partial charge in [0.1, 0.15) is 11.9 Å². The number of benzene rings is 2. The molecule has 0 saturated heterocycles. The number of aryl methyl sites for hydroxylation is 3. The van der Waals surface area contributed by atoms with Gasteiger partial charge >= 0.3 is 0 Å². The first-order chi connectivity index (χ1) is 13.8. The number of carbonyl (C=O) groups is 1. The molecule has 1 heterocycles. The number of carbonyl (C=O) groups excluding carboxylic acids is 1. The number of hydrogen-bond donors (Lipinski definition) is 2. The Kier molecular flexibility index (Phi) is 6.17. The van der Waals surface area contributed by atoms with E-state index in [4.69, 9.17) is 4.74 Å². The second kappa shape index (κ2) is 8.78. The molecule has 0 aliphatic carbocycles. The summed E-state index contributed by atoms with van der Waals surface area (Å²) in [6, 6.07) is 17.2. The van der Waals surface area contributed by atoms with Gasteiger partial charge in [-0.25, -0.2) is 0 Å². The van der Waals surface area contributed by atoms with Crippen LogP contribution < -0.4 is 15.6 Å². The minimum atomic E-state index is -0.204. The van der Waals surface area contributed by atoms with Gasteiger partial charge in [-0.3, -0.25) is 9.59 Å². The predicted octanol–water partition coefficient (Wildman–Crippen LogP) is 4.37. The third kappa shape index (κ3) is 4.93. The lowest BCUT2D eigenvalue weighted by molar-refractivity contribution is 0.0950. The third-order valence-corrected chi connectivity index (χ3v) is 4.94. The topological polar surface area (TPSA) is 71.2 Å². The van der Waals surface area contributed by atoms with E-state index in [2.05, 4.69) is 10.3 Å². The van der Waals surface area contributed by atoms with Crippen molar-refractivity contribution in [2.45, 2.75) is 40.3 Å². The van der Waals surface area contributed by atoms with Crippen LogP contribution in [-0.4, -0.2) is 10.9 Å². The van der Waals surface area contributed by atoms with Crippen LogP contribution in [0.5, 0.6) is 5.75 Å². The quantitative estimate of drug-likeness (QED) is 0.656. The van der Waals surface area contributed by atoms with Crippen LogP contribution in [0.4, 0.5) is 0 Å². The van der Waals surface area contributed by atoms with Gasteiger partial charge in [0.15, 0.2) is 0 Å². The number of amides is 1. The van der Waals surface area contributed by atoms with Crippen LogP contribution in [0.25, 0.3) is 0 Å². The van der Waals surface area contributed by atoms with Crippen LogP contribution >= 0.6 is 0 Å². The zero-order valence-corrected chi connectivity index (χ0v) is 17.2. The van der Waals surface area contributed by atoms with Gasteiger partial charge in [0, 0.05) is 23.4 Å². The molecule has 2 N–H and O–H groups in total. The molecule has 0 unspecified atom stereocenters. The standard InChI is InChI=1S/C24H26N2O3/c1-15-12-17(3)26-24(28)22(15)14-25-23(27)21-11-10-19(13-16(21)2)18(4)29-20-8-6-5-7-9-20/h5-13,18H,14H2,1-4H3,(H,25,27)(H,26,28)/t18-/m0/s1. The van der Waals surface area contributed by atoms with Crippen LogP contribution in [0.1, 0.15) is 51.3 Å². The smallest absolute Gasteiger partial charge is 0.253 e. The first-order valence-electron chi connectivity index (χ1n) is 9.65. The van der Waals surface area contributed by atoms with Crippen LogP contribution in [0.3, 0.4) is 0 Å². The van der Waals surface area contributed by atoms with Gasteiger partial charge in [0.25, 0.3) is 11.5 Å². The molecule has 0 aliphatic heterocycles. The van der Waals surface area contributed by atoms with Crippen molar-refractivity contribution in [3.05, 3.63) is 98.5 Å². The first-order valence-corrected chi connectivity index (χ1v) is 9.65. The highest BCUT2D eigenvalue weighted by Crippen LogP contribution is 2.23. The maximum atomic E-state index is 12.6. The van der Waals surface area contributed by atoms with Crippen molar-refractivity contribution >= 4 is 5.91 Å². The molecule has 0 fully saturated rings. The Bertz CT molecular complexity index is 1070. The maximum absolute atomic E-state index is 12.6. The van der Waals surface area contributed by atoms with E-state index in [0.29, 0.717) is 11.1 Å². The highest BCUT2D eigenvalue weighted by atomic mass is 16.5. The van der Waals surface area contributed by atoms with Crippen LogP contribution in [0.2, 0.25) is 0 Å². The number of aromatic nitrogens is 1. The Labute approximate surface area is 170 Å². The minimum absolute atomic E-state index is 0.137. The number of ether oxygens (including phenoxy) is 1. The molecule has 1 aromatic heterocycles. The zero-order chi connectivity index (χ0) is 21.0. The lowest BCUT2D eigenvalue weighted by atomic mass is 10.0. The summed E-state index contributed by atoms with van der Waals surface area (Å²) in [7, 11) is 0. The lowest BCUT2D eigenvalue weighted by Crippen LogP contribution is -2.28. The number of para-hydroxylation sites is 1. The van der Waals surface area contributed by atoms with E-state index >= 15 is 0 Å². The van der Waals surface area contributed by atoms with Gasteiger partial charge in [-0.1, -0.05) is 30.3 Å². The zero-order valence-electron chi connectivity index (χ0n) is 17.2. The summed E-state index contributed by atoms with van der Waals surface area (Å²) in [6.45, 7) is 7.78. The molecular weight excluding hydrogens is 364 g/mol. The molecular formula is C24H26N2O3. The highest BCUT2D eigenvalue weighted by Gasteiger charge is 2.14. The van der Waals surface area contributed by atoms with E-state index in [1.54, 1.807) is 6.07 Å². The number of pyridine rings is 1. The number of rotatable bonds is 6. The lowest BCUT2D eigenvalue weighted by Gasteiger charge is -2.17. The molecule has 5 nitrogen and oxygen atoms in total. The molecule has 1 amide bonds. The number of nitrogens with one attached hydrogen (secondary N) is 2. The van der Waals surface area contributed by atoms with E-state index in [1.807, 2.05) is 76.2 Å². The van der Waals surface area contributed by atoms with E-state index in [-0.39, 0.29) is 24.1 Å². The molecule has 0 radical (unpaired) electrons. The molecule has 150 valence electrons. The van der Waals surface area contributed by atoms with Crippen molar-refractivity contribution in [3.63, 3.8) is 0 Å². The number of H-pyrrole nitrogens is 1. The molecule has 1 atom stereocenters. The molecule has 0 bridgehead atoms. The highest BCUT2D eigenvalue weighted by molar-refractivity contribution is 5.95. The van der Waals surface area contributed by atoms with Crippen molar-refractivity contribution < 1.29 is 9.53 Å². The summed E-state index contributed by atoms with van der Waals surface area (Å²) >= 11 is 0. The molecule has 3 aromatic rings.